The minimum absolute atomic E-state index is 0.109. The van der Waals surface area contributed by atoms with Crippen molar-refractivity contribution in [1.29, 1.82) is 0 Å². The lowest BCUT2D eigenvalue weighted by Crippen LogP contribution is -2.38. The smallest absolute Gasteiger partial charge is 0.353 e. The molecule has 1 fully saturated rings. The topological polar surface area (TPSA) is 93.4 Å². The second-order valence-corrected chi connectivity index (χ2v) is 6.02. The fourth-order valence-electron chi connectivity index (χ4n) is 3.13. The molecule has 3 rings (SSSR count). The Morgan fingerprint density at radius 2 is 2.12 bits per heavy atom. The molecule has 1 unspecified atom stereocenters. The number of hydrogen-bond acceptors (Lipinski definition) is 7. The molecule has 0 spiro atoms. The summed E-state index contributed by atoms with van der Waals surface area (Å²) in [6.45, 7) is 2.82. The molecule has 132 valence electrons. The van der Waals surface area contributed by atoms with Crippen LogP contribution in [0.5, 0.6) is 5.75 Å². The van der Waals surface area contributed by atoms with Crippen molar-refractivity contribution in [2.45, 2.75) is 32.2 Å². The number of aromatic nitrogens is 2. The molecule has 1 aliphatic heterocycles. The number of anilines is 3. The summed E-state index contributed by atoms with van der Waals surface area (Å²) in [7, 11) is 1.55. The Balaban J connectivity index is 2.02. The molecule has 2 heterocycles. The second kappa shape index (κ2) is 7.33. The number of benzene rings is 1. The molecule has 0 saturated carbocycles. The third-order valence-corrected chi connectivity index (χ3v) is 4.42. The van der Waals surface area contributed by atoms with E-state index in [1.165, 1.54) is 6.33 Å². The number of methoxy groups -OCH3 is 1. The molecule has 8 nitrogen and oxygen atoms in total. The number of para-hydroxylation sites is 2. The summed E-state index contributed by atoms with van der Waals surface area (Å²) in [5.41, 5.74) is 0.506. The third-order valence-electron chi connectivity index (χ3n) is 4.42. The molecule has 25 heavy (non-hydrogen) atoms. The van der Waals surface area contributed by atoms with Crippen LogP contribution >= 0.6 is 0 Å². The summed E-state index contributed by atoms with van der Waals surface area (Å²) in [5, 5.41) is 14.8. The number of hydrogen-bond donors (Lipinski definition) is 1. The zero-order valence-electron chi connectivity index (χ0n) is 14.3. The highest BCUT2D eigenvalue weighted by molar-refractivity contribution is 5.76. The van der Waals surface area contributed by atoms with E-state index >= 15 is 0 Å². The Hall–Kier alpha value is -2.90. The van der Waals surface area contributed by atoms with Gasteiger partial charge in [0.2, 0.25) is 11.6 Å². The lowest BCUT2D eigenvalue weighted by Gasteiger charge is -2.33. The summed E-state index contributed by atoms with van der Waals surface area (Å²) in [4.78, 5) is 21.7. The predicted octanol–water partition coefficient (Wildman–Crippen LogP) is 3.52. The number of nitro groups is 1. The molecule has 2 aromatic rings. The van der Waals surface area contributed by atoms with Crippen LogP contribution in [0.25, 0.3) is 0 Å². The van der Waals surface area contributed by atoms with Gasteiger partial charge in [-0.15, -0.1) is 0 Å². The van der Waals surface area contributed by atoms with Gasteiger partial charge in [0, 0.05) is 12.6 Å². The Bertz CT molecular complexity index is 768. The van der Waals surface area contributed by atoms with E-state index in [2.05, 4.69) is 22.2 Å². The number of piperidine rings is 1. The van der Waals surface area contributed by atoms with Crippen LogP contribution in [0.3, 0.4) is 0 Å². The maximum Gasteiger partial charge on any atom is 0.353 e. The van der Waals surface area contributed by atoms with Gasteiger partial charge in [-0.05, 0) is 38.3 Å². The summed E-state index contributed by atoms with van der Waals surface area (Å²) in [5.74, 6) is 1.12. The van der Waals surface area contributed by atoms with Gasteiger partial charge in [0.15, 0.2) is 0 Å². The molecule has 1 N–H and O–H groups in total. The van der Waals surface area contributed by atoms with Crippen LogP contribution in [-0.2, 0) is 0 Å². The van der Waals surface area contributed by atoms with Crippen molar-refractivity contribution in [1.82, 2.24) is 9.97 Å². The molecule has 0 amide bonds. The lowest BCUT2D eigenvalue weighted by molar-refractivity contribution is -0.383. The van der Waals surface area contributed by atoms with E-state index in [1.807, 2.05) is 17.0 Å². The Labute approximate surface area is 146 Å². The summed E-state index contributed by atoms with van der Waals surface area (Å²) in [6.07, 6.45) is 4.49. The van der Waals surface area contributed by atoms with Crippen LogP contribution in [0.2, 0.25) is 0 Å². The van der Waals surface area contributed by atoms with Crippen LogP contribution in [-0.4, -0.2) is 34.6 Å². The van der Waals surface area contributed by atoms with E-state index in [0.717, 1.165) is 25.8 Å². The molecular formula is C17H21N5O3. The SMILES string of the molecule is COc1ccccc1Nc1ncnc(N2CCCCC2C)c1[N+](=O)[O-]. The number of nitrogens with one attached hydrogen (secondary N) is 1. The summed E-state index contributed by atoms with van der Waals surface area (Å²) >= 11 is 0. The fourth-order valence-corrected chi connectivity index (χ4v) is 3.13. The van der Waals surface area contributed by atoms with E-state index < -0.39 is 4.92 Å². The number of ether oxygens (including phenoxy) is 1. The molecule has 8 heteroatoms. The fraction of sp³-hybridized carbons (Fsp3) is 0.412. The highest BCUT2D eigenvalue weighted by Gasteiger charge is 2.31. The Kier molecular flexibility index (Phi) is 4.97. The van der Waals surface area contributed by atoms with Crippen molar-refractivity contribution < 1.29 is 9.66 Å². The maximum absolute atomic E-state index is 11.8. The first-order valence-corrected chi connectivity index (χ1v) is 8.28. The van der Waals surface area contributed by atoms with Gasteiger partial charge in [-0.3, -0.25) is 10.1 Å². The number of nitrogens with zero attached hydrogens (tertiary/aromatic N) is 4. The molecule has 0 bridgehead atoms. The average molecular weight is 343 g/mol. The first-order chi connectivity index (χ1) is 12.1. The van der Waals surface area contributed by atoms with Gasteiger partial charge in [-0.2, -0.15) is 0 Å². The molecular weight excluding hydrogens is 322 g/mol. The minimum Gasteiger partial charge on any atom is -0.495 e. The Morgan fingerprint density at radius 1 is 1.32 bits per heavy atom. The van der Waals surface area contributed by atoms with E-state index in [0.29, 0.717) is 17.3 Å². The standard InChI is InChI=1S/C17H21N5O3/c1-12-7-5-6-10-21(12)17-15(22(23)24)16(18-11-19-17)20-13-8-3-4-9-14(13)25-2/h3-4,8-9,11-12H,5-7,10H2,1-2H3,(H,18,19,20). The summed E-state index contributed by atoms with van der Waals surface area (Å²) in [6, 6.07) is 7.43. The van der Waals surface area contributed by atoms with E-state index in [4.69, 9.17) is 4.74 Å². The second-order valence-electron chi connectivity index (χ2n) is 6.02. The zero-order valence-corrected chi connectivity index (χ0v) is 14.3. The van der Waals surface area contributed by atoms with Crippen molar-refractivity contribution in [2.24, 2.45) is 0 Å². The predicted molar refractivity (Wildman–Crippen MR) is 95.6 cm³/mol. The Morgan fingerprint density at radius 3 is 2.84 bits per heavy atom. The quantitative estimate of drug-likeness (QED) is 0.656. The van der Waals surface area contributed by atoms with Crippen molar-refractivity contribution >= 4 is 23.0 Å². The largest absolute Gasteiger partial charge is 0.495 e. The van der Waals surface area contributed by atoms with Crippen LogP contribution in [0.1, 0.15) is 26.2 Å². The molecule has 1 aliphatic rings. The van der Waals surface area contributed by atoms with Gasteiger partial charge in [-0.1, -0.05) is 12.1 Å². The van der Waals surface area contributed by atoms with E-state index in [-0.39, 0.29) is 17.5 Å². The van der Waals surface area contributed by atoms with Crippen LogP contribution in [0, 0.1) is 10.1 Å². The van der Waals surface area contributed by atoms with Gasteiger partial charge in [-0.25, -0.2) is 9.97 Å². The van der Waals surface area contributed by atoms with E-state index in [1.54, 1.807) is 19.2 Å². The van der Waals surface area contributed by atoms with Gasteiger partial charge in [0.25, 0.3) is 0 Å². The van der Waals surface area contributed by atoms with E-state index in [9.17, 15) is 10.1 Å². The first-order valence-electron chi connectivity index (χ1n) is 8.28. The van der Waals surface area contributed by atoms with Gasteiger partial charge < -0.3 is 15.0 Å². The van der Waals surface area contributed by atoms with Crippen molar-refractivity contribution in [3.05, 3.63) is 40.7 Å². The van der Waals surface area contributed by atoms with Crippen LogP contribution in [0.4, 0.5) is 23.0 Å². The van der Waals surface area contributed by atoms with Gasteiger partial charge >= 0.3 is 5.69 Å². The van der Waals surface area contributed by atoms with Crippen molar-refractivity contribution in [3.8, 4) is 5.75 Å². The summed E-state index contributed by atoms with van der Waals surface area (Å²) < 4.78 is 5.30. The maximum atomic E-state index is 11.8. The van der Waals surface area contributed by atoms with Gasteiger partial charge in [0.05, 0.1) is 17.7 Å². The first kappa shape index (κ1) is 16.9. The molecule has 0 radical (unpaired) electrons. The highest BCUT2D eigenvalue weighted by atomic mass is 16.6. The minimum atomic E-state index is -0.422. The van der Waals surface area contributed by atoms with Crippen LogP contribution < -0.4 is 15.0 Å². The lowest BCUT2D eigenvalue weighted by atomic mass is 10.0. The average Bonchev–Trinajstić information content (AvgIpc) is 2.62. The van der Waals surface area contributed by atoms with Crippen molar-refractivity contribution in [3.63, 3.8) is 0 Å². The van der Waals surface area contributed by atoms with Crippen LogP contribution in [0.15, 0.2) is 30.6 Å². The molecule has 1 aromatic heterocycles. The zero-order chi connectivity index (χ0) is 17.8. The third kappa shape index (κ3) is 3.47. The molecule has 1 saturated heterocycles. The monoisotopic (exact) mass is 343 g/mol. The molecule has 0 aliphatic carbocycles. The van der Waals surface area contributed by atoms with Crippen molar-refractivity contribution in [2.75, 3.05) is 23.9 Å². The molecule has 1 atom stereocenters. The normalized spacial score (nSPS) is 17.2. The van der Waals surface area contributed by atoms with Gasteiger partial charge in [0.1, 0.15) is 12.1 Å². The highest BCUT2D eigenvalue weighted by Crippen LogP contribution is 2.37. The molecule has 1 aromatic carbocycles. The number of rotatable bonds is 5.